The van der Waals surface area contributed by atoms with Crippen molar-refractivity contribution in [1.82, 2.24) is 4.57 Å². The Kier molecular flexibility index (Phi) is 8.11. The number of aryl methyl sites for hydroxylation is 1. The summed E-state index contributed by atoms with van der Waals surface area (Å²) in [7, 11) is 1.75. The van der Waals surface area contributed by atoms with E-state index >= 15 is 0 Å². The summed E-state index contributed by atoms with van der Waals surface area (Å²) in [5, 5.41) is 9.51. The van der Waals surface area contributed by atoms with Crippen LogP contribution in [0.5, 0.6) is 0 Å². The predicted octanol–water partition coefficient (Wildman–Crippen LogP) is 6.16. The average Bonchev–Trinajstić information content (AvgIpc) is 3.11. The highest BCUT2D eigenvalue weighted by molar-refractivity contribution is 7.98. The van der Waals surface area contributed by atoms with Crippen LogP contribution in [0.4, 0.5) is 0 Å². The van der Waals surface area contributed by atoms with Crippen LogP contribution >= 0.6 is 11.8 Å². The fourth-order valence-electron chi connectivity index (χ4n) is 3.15. The molecule has 0 radical (unpaired) electrons. The number of carbonyl (C=O) groups is 1. The van der Waals surface area contributed by atoms with E-state index in [1.54, 1.807) is 36.5 Å². The second kappa shape index (κ2) is 10.5. The summed E-state index contributed by atoms with van der Waals surface area (Å²) >= 11 is 1.70. The lowest BCUT2D eigenvalue weighted by Gasteiger charge is -2.10. The fourth-order valence-corrected chi connectivity index (χ4v) is 3.77. The lowest BCUT2D eigenvalue weighted by atomic mass is 9.98. The second-order valence-corrected chi connectivity index (χ2v) is 6.84. The molecule has 0 spiro atoms. The molecule has 0 unspecified atom stereocenters. The van der Waals surface area contributed by atoms with E-state index in [2.05, 4.69) is 24.5 Å². The van der Waals surface area contributed by atoms with Crippen LogP contribution < -0.4 is 0 Å². The van der Waals surface area contributed by atoms with E-state index < -0.39 is 5.97 Å². The highest BCUT2D eigenvalue weighted by Gasteiger charge is 2.22. The van der Waals surface area contributed by atoms with Crippen LogP contribution in [0.15, 0.2) is 59.6 Å². The van der Waals surface area contributed by atoms with E-state index in [0.29, 0.717) is 16.8 Å². The molecule has 0 atom stereocenters. The Morgan fingerprint density at radius 3 is 2.31 bits per heavy atom. The van der Waals surface area contributed by atoms with Crippen LogP contribution in [-0.2, 0) is 11.8 Å². The highest BCUT2D eigenvalue weighted by Crippen LogP contribution is 2.34. The summed E-state index contributed by atoms with van der Waals surface area (Å²) in [6.45, 7) is 6.06. The monoisotopic (exact) mass is 406 g/mol. The molecule has 150 valence electrons. The number of ether oxygens (including phenoxy) is 1. The second-order valence-electron chi connectivity index (χ2n) is 5.99. The quantitative estimate of drug-likeness (QED) is 0.376. The molecule has 29 heavy (non-hydrogen) atoms. The van der Waals surface area contributed by atoms with Gasteiger partial charge in [0.1, 0.15) is 11.8 Å². The maximum absolute atomic E-state index is 12.4. The lowest BCUT2D eigenvalue weighted by Crippen LogP contribution is -2.10. The van der Waals surface area contributed by atoms with Gasteiger partial charge in [0.15, 0.2) is 0 Å². The summed E-state index contributed by atoms with van der Waals surface area (Å²) in [6, 6.07) is 18.4. The largest absolute Gasteiger partial charge is 0.461 e. The van der Waals surface area contributed by atoms with Crippen molar-refractivity contribution >= 4 is 17.7 Å². The minimum atomic E-state index is -0.423. The normalized spacial score (nSPS) is 9.93. The third kappa shape index (κ3) is 4.72. The van der Waals surface area contributed by atoms with Crippen LogP contribution in [0.25, 0.3) is 22.3 Å². The third-order valence-corrected chi connectivity index (χ3v) is 5.16. The van der Waals surface area contributed by atoms with Gasteiger partial charge in [-0.1, -0.05) is 56.3 Å². The van der Waals surface area contributed by atoms with Gasteiger partial charge in [0.05, 0.1) is 12.2 Å². The smallest absolute Gasteiger partial charge is 0.355 e. The topological polar surface area (TPSA) is 55.0 Å². The van der Waals surface area contributed by atoms with Gasteiger partial charge in [-0.3, -0.25) is 0 Å². The van der Waals surface area contributed by atoms with Gasteiger partial charge in [-0.25, -0.2) is 4.79 Å². The summed E-state index contributed by atoms with van der Waals surface area (Å²) in [5.41, 5.74) is 4.54. The number of carbonyl (C=O) groups excluding carboxylic acids is 1. The molecule has 1 heterocycles. The number of rotatable bonds is 5. The Morgan fingerprint density at radius 2 is 1.72 bits per heavy atom. The first kappa shape index (κ1) is 22.3. The Morgan fingerprint density at radius 1 is 1.10 bits per heavy atom. The number of hydrogen-bond acceptors (Lipinski definition) is 4. The molecule has 3 aromatic rings. The molecule has 0 aliphatic heterocycles. The van der Waals surface area contributed by atoms with E-state index in [1.807, 2.05) is 50.2 Å². The highest BCUT2D eigenvalue weighted by atomic mass is 32.2. The molecule has 4 nitrogen and oxygen atoms in total. The van der Waals surface area contributed by atoms with Crippen LogP contribution in [0.1, 0.15) is 36.8 Å². The molecule has 0 N–H and O–H groups in total. The Bertz CT molecular complexity index is 1010. The average molecular weight is 407 g/mol. The molecule has 0 aliphatic rings. The van der Waals surface area contributed by atoms with Crippen LogP contribution in [0, 0.1) is 11.3 Å². The minimum Gasteiger partial charge on any atom is -0.461 e. The standard InChI is InChI=1S/C22H20N2O2S.C2H6/c1-4-26-22(25)21-20(17(13-23)14-24(21)2)16-11-9-15(10-12-16)18-7-5-6-8-19(18)27-3;1-2/h5-12,14H,4H2,1-3H3;1-2H3. The number of benzene rings is 2. The van der Waals surface area contributed by atoms with Crippen molar-refractivity contribution < 1.29 is 9.53 Å². The number of nitriles is 1. The van der Waals surface area contributed by atoms with E-state index in [1.165, 1.54) is 4.90 Å². The summed E-state index contributed by atoms with van der Waals surface area (Å²) < 4.78 is 6.84. The molecule has 0 aliphatic carbocycles. The zero-order chi connectivity index (χ0) is 21.4. The van der Waals surface area contributed by atoms with Crippen molar-refractivity contribution in [3.8, 4) is 28.3 Å². The minimum absolute atomic E-state index is 0.287. The molecule has 1 aromatic heterocycles. The SMILES string of the molecule is CC.CCOC(=O)c1c(-c2ccc(-c3ccccc3SC)cc2)c(C#N)cn1C. The van der Waals surface area contributed by atoms with E-state index in [4.69, 9.17) is 4.74 Å². The van der Waals surface area contributed by atoms with Crippen LogP contribution in [-0.4, -0.2) is 23.4 Å². The van der Waals surface area contributed by atoms with E-state index in [0.717, 1.165) is 16.7 Å². The predicted molar refractivity (Wildman–Crippen MR) is 120 cm³/mol. The van der Waals surface area contributed by atoms with Gasteiger partial charge in [-0.05, 0) is 35.9 Å². The van der Waals surface area contributed by atoms with Gasteiger partial charge in [-0.15, -0.1) is 11.8 Å². The van der Waals surface area contributed by atoms with Crippen molar-refractivity contribution in [2.45, 2.75) is 25.7 Å². The molecule has 0 amide bonds. The maximum Gasteiger partial charge on any atom is 0.355 e. The van der Waals surface area contributed by atoms with E-state index in [-0.39, 0.29) is 6.61 Å². The van der Waals surface area contributed by atoms with Crippen LogP contribution in [0.2, 0.25) is 0 Å². The molecule has 2 aromatic carbocycles. The van der Waals surface area contributed by atoms with Gasteiger partial charge in [-0.2, -0.15) is 5.26 Å². The molecule has 0 bridgehead atoms. The first-order chi connectivity index (χ1) is 14.1. The van der Waals surface area contributed by atoms with Crippen molar-refractivity contribution in [3.63, 3.8) is 0 Å². The Balaban J connectivity index is 0.00000145. The summed E-state index contributed by atoms with van der Waals surface area (Å²) in [4.78, 5) is 13.6. The number of nitrogens with zero attached hydrogens (tertiary/aromatic N) is 2. The van der Waals surface area contributed by atoms with Crippen molar-refractivity contribution in [1.29, 1.82) is 5.26 Å². The van der Waals surface area contributed by atoms with Gasteiger partial charge in [0.2, 0.25) is 0 Å². The summed E-state index contributed by atoms with van der Waals surface area (Å²) in [6.07, 6.45) is 3.72. The molecule has 0 saturated carbocycles. The number of thioether (sulfide) groups is 1. The zero-order valence-electron chi connectivity index (χ0n) is 17.5. The fraction of sp³-hybridized carbons (Fsp3) is 0.250. The number of aromatic nitrogens is 1. The molecule has 5 heteroatoms. The van der Waals surface area contributed by atoms with Crippen LogP contribution in [0.3, 0.4) is 0 Å². The molecule has 0 fully saturated rings. The summed E-state index contributed by atoms with van der Waals surface area (Å²) in [5.74, 6) is -0.423. The molecule has 3 rings (SSSR count). The van der Waals surface area contributed by atoms with Gasteiger partial charge >= 0.3 is 5.97 Å². The number of hydrogen-bond donors (Lipinski definition) is 0. The first-order valence-electron chi connectivity index (χ1n) is 9.61. The molecular weight excluding hydrogens is 380 g/mol. The molecular formula is C24H26N2O2S. The number of esters is 1. The zero-order valence-corrected chi connectivity index (χ0v) is 18.3. The Hall–Kier alpha value is -2.97. The van der Waals surface area contributed by atoms with Gasteiger partial charge in [0.25, 0.3) is 0 Å². The van der Waals surface area contributed by atoms with Gasteiger partial charge < -0.3 is 9.30 Å². The molecule has 0 saturated heterocycles. The Labute approximate surface area is 177 Å². The van der Waals surface area contributed by atoms with E-state index in [9.17, 15) is 10.1 Å². The first-order valence-corrected chi connectivity index (χ1v) is 10.8. The third-order valence-electron chi connectivity index (χ3n) is 4.36. The van der Waals surface area contributed by atoms with Crippen molar-refractivity contribution in [3.05, 3.63) is 66.0 Å². The van der Waals surface area contributed by atoms with Crippen molar-refractivity contribution in [2.75, 3.05) is 12.9 Å². The van der Waals surface area contributed by atoms with Crippen molar-refractivity contribution in [2.24, 2.45) is 7.05 Å². The lowest BCUT2D eigenvalue weighted by molar-refractivity contribution is 0.0516. The maximum atomic E-state index is 12.4. The van der Waals surface area contributed by atoms with Gasteiger partial charge in [0, 0.05) is 23.7 Å².